The molecule has 0 aliphatic carbocycles. The Kier molecular flexibility index (Phi) is 4.02. The molecule has 1 aromatic carbocycles. The second-order valence-electron chi connectivity index (χ2n) is 4.45. The van der Waals surface area contributed by atoms with Crippen LogP contribution in [-0.4, -0.2) is 36.6 Å². The van der Waals surface area contributed by atoms with Crippen LogP contribution in [0.2, 0.25) is 0 Å². The van der Waals surface area contributed by atoms with E-state index in [2.05, 4.69) is 15.9 Å². The number of hydrogen-bond donors (Lipinski definition) is 0. The summed E-state index contributed by atoms with van der Waals surface area (Å²) in [4.78, 5) is 14.0. The third-order valence-electron chi connectivity index (χ3n) is 3.34. The van der Waals surface area contributed by atoms with Crippen LogP contribution < -0.4 is 0 Å². The standard InChI is InChI=1S/C13H15BrFNO2/c1-8-11(6-7-18-8)16(2)13(17)9-4-3-5-10(15)12(9)14/h3-5,8,11H,6-7H2,1-2H3. The molecule has 98 valence electrons. The van der Waals surface area contributed by atoms with Crippen LogP contribution in [0.4, 0.5) is 4.39 Å². The lowest BCUT2D eigenvalue weighted by Gasteiger charge is -2.27. The van der Waals surface area contributed by atoms with Gasteiger partial charge in [-0.25, -0.2) is 4.39 Å². The van der Waals surface area contributed by atoms with Crippen molar-refractivity contribution in [3.8, 4) is 0 Å². The number of carbonyl (C=O) groups is 1. The van der Waals surface area contributed by atoms with Crippen LogP contribution in [0.1, 0.15) is 23.7 Å². The lowest BCUT2D eigenvalue weighted by atomic mass is 10.1. The highest BCUT2D eigenvalue weighted by atomic mass is 79.9. The summed E-state index contributed by atoms with van der Waals surface area (Å²) in [7, 11) is 1.73. The number of benzene rings is 1. The fourth-order valence-corrected chi connectivity index (χ4v) is 2.67. The predicted molar refractivity (Wildman–Crippen MR) is 70.0 cm³/mol. The number of nitrogens with zero attached hydrogens (tertiary/aromatic N) is 1. The maximum absolute atomic E-state index is 13.4. The first kappa shape index (κ1) is 13.5. The highest BCUT2D eigenvalue weighted by Gasteiger charge is 2.31. The van der Waals surface area contributed by atoms with Crippen molar-refractivity contribution < 1.29 is 13.9 Å². The molecule has 0 N–H and O–H groups in total. The van der Waals surface area contributed by atoms with Crippen LogP contribution in [0.15, 0.2) is 22.7 Å². The van der Waals surface area contributed by atoms with Crippen LogP contribution in [0.5, 0.6) is 0 Å². The van der Waals surface area contributed by atoms with Gasteiger partial charge in [0.25, 0.3) is 5.91 Å². The van der Waals surface area contributed by atoms with E-state index in [1.54, 1.807) is 18.0 Å². The molecule has 5 heteroatoms. The molecule has 0 saturated carbocycles. The molecule has 2 rings (SSSR count). The maximum Gasteiger partial charge on any atom is 0.255 e. The summed E-state index contributed by atoms with van der Waals surface area (Å²) in [6.07, 6.45) is 0.836. The molecule has 0 radical (unpaired) electrons. The van der Waals surface area contributed by atoms with Gasteiger partial charge in [-0.05, 0) is 41.4 Å². The molecular formula is C13H15BrFNO2. The fraction of sp³-hybridized carbons (Fsp3) is 0.462. The third kappa shape index (κ3) is 2.42. The lowest BCUT2D eigenvalue weighted by Crippen LogP contribution is -2.41. The SMILES string of the molecule is CC1OCCC1N(C)C(=O)c1cccc(F)c1Br. The Bertz CT molecular complexity index is 466. The van der Waals surface area contributed by atoms with E-state index in [-0.39, 0.29) is 22.5 Å². The number of amides is 1. The van der Waals surface area contributed by atoms with Gasteiger partial charge in [-0.2, -0.15) is 0 Å². The van der Waals surface area contributed by atoms with Crippen LogP contribution in [0, 0.1) is 5.82 Å². The smallest absolute Gasteiger partial charge is 0.255 e. The fourth-order valence-electron chi connectivity index (χ4n) is 2.24. The Balaban J connectivity index is 2.23. The topological polar surface area (TPSA) is 29.5 Å². The first-order chi connectivity index (χ1) is 8.52. The summed E-state index contributed by atoms with van der Waals surface area (Å²) in [6.45, 7) is 2.61. The molecule has 3 nitrogen and oxygen atoms in total. The van der Waals surface area contributed by atoms with Crippen molar-refractivity contribution in [3.63, 3.8) is 0 Å². The van der Waals surface area contributed by atoms with Crippen molar-refractivity contribution in [1.82, 2.24) is 4.90 Å². The van der Waals surface area contributed by atoms with Crippen LogP contribution in [0.3, 0.4) is 0 Å². The molecule has 1 amide bonds. The second-order valence-corrected chi connectivity index (χ2v) is 5.24. The molecule has 0 spiro atoms. The first-order valence-electron chi connectivity index (χ1n) is 5.85. The van der Waals surface area contributed by atoms with E-state index in [0.717, 1.165) is 6.42 Å². The average molecular weight is 316 g/mol. The van der Waals surface area contributed by atoms with E-state index in [1.165, 1.54) is 12.1 Å². The normalized spacial score (nSPS) is 23.1. The van der Waals surface area contributed by atoms with Gasteiger partial charge in [-0.3, -0.25) is 4.79 Å². The van der Waals surface area contributed by atoms with Crippen molar-refractivity contribution in [2.75, 3.05) is 13.7 Å². The Morgan fingerprint density at radius 3 is 2.89 bits per heavy atom. The Hall–Kier alpha value is -0.940. The zero-order valence-electron chi connectivity index (χ0n) is 10.3. The number of carbonyl (C=O) groups excluding carboxylic acids is 1. The van der Waals surface area contributed by atoms with Gasteiger partial charge in [-0.1, -0.05) is 6.07 Å². The Morgan fingerprint density at radius 2 is 2.28 bits per heavy atom. The van der Waals surface area contributed by atoms with Gasteiger partial charge >= 0.3 is 0 Å². The monoisotopic (exact) mass is 315 g/mol. The van der Waals surface area contributed by atoms with Crippen molar-refractivity contribution in [3.05, 3.63) is 34.1 Å². The van der Waals surface area contributed by atoms with E-state index in [4.69, 9.17) is 4.74 Å². The zero-order valence-corrected chi connectivity index (χ0v) is 11.9. The first-order valence-corrected chi connectivity index (χ1v) is 6.64. The van der Waals surface area contributed by atoms with Crippen molar-refractivity contribution in [2.45, 2.75) is 25.5 Å². The van der Waals surface area contributed by atoms with Crippen molar-refractivity contribution >= 4 is 21.8 Å². The molecule has 1 saturated heterocycles. The molecule has 1 aliphatic heterocycles. The van der Waals surface area contributed by atoms with Gasteiger partial charge in [-0.15, -0.1) is 0 Å². The zero-order chi connectivity index (χ0) is 13.3. The summed E-state index contributed by atoms with van der Waals surface area (Å²) in [5.41, 5.74) is 0.344. The molecule has 1 aromatic rings. The molecule has 1 heterocycles. The third-order valence-corrected chi connectivity index (χ3v) is 4.14. The van der Waals surface area contributed by atoms with Gasteiger partial charge in [0.1, 0.15) is 5.82 Å². The lowest BCUT2D eigenvalue weighted by molar-refractivity contribution is 0.0573. The summed E-state index contributed by atoms with van der Waals surface area (Å²) < 4.78 is 19.1. The highest BCUT2D eigenvalue weighted by Crippen LogP contribution is 2.25. The molecule has 1 fully saturated rings. The largest absolute Gasteiger partial charge is 0.376 e. The number of hydrogen-bond acceptors (Lipinski definition) is 2. The molecule has 0 aromatic heterocycles. The number of rotatable bonds is 2. The van der Waals surface area contributed by atoms with Crippen molar-refractivity contribution in [2.24, 2.45) is 0 Å². The van der Waals surface area contributed by atoms with Crippen LogP contribution in [0.25, 0.3) is 0 Å². The van der Waals surface area contributed by atoms with Gasteiger partial charge in [0.05, 0.1) is 22.2 Å². The Morgan fingerprint density at radius 1 is 1.56 bits per heavy atom. The van der Waals surface area contributed by atoms with E-state index in [1.807, 2.05) is 6.92 Å². The number of likely N-dealkylation sites (N-methyl/N-ethyl adjacent to an activating group) is 1. The molecule has 2 unspecified atom stereocenters. The van der Waals surface area contributed by atoms with Crippen LogP contribution >= 0.6 is 15.9 Å². The average Bonchev–Trinajstić information content (AvgIpc) is 2.77. The molecule has 0 bridgehead atoms. The minimum absolute atomic E-state index is 0.0197. The summed E-state index contributed by atoms with van der Waals surface area (Å²) in [5, 5.41) is 0. The summed E-state index contributed by atoms with van der Waals surface area (Å²) >= 11 is 3.12. The molecule has 2 atom stereocenters. The maximum atomic E-state index is 13.4. The van der Waals surface area contributed by atoms with Gasteiger partial charge in [0, 0.05) is 13.7 Å². The van der Waals surface area contributed by atoms with E-state index >= 15 is 0 Å². The number of ether oxygens (including phenoxy) is 1. The molecule has 18 heavy (non-hydrogen) atoms. The predicted octanol–water partition coefficient (Wildman–Crippen LogP) is 2.84. The summed E-state index contributed by atoms with van der Waals surface area (Å²) in [6, 6.07) is 4.53. The van der Waals surface area contributed by atoms with E-state index in [9.17, 15) is 9.18 Å². The number of halogens is 2. The molecular weight excluding hydrogens is 301 g/mol. The van der Waals surface area contributed by atoms with Gasteiger partial charge in [0.15, 0.2) is 0 Å². The van der Waals surface area contributed by atoms with Gasteiger partial charge < -0.3 is 9.64 Å². The van der Waals surface area contributed by atoms with Crippen molar-refractivity contribution in [1.29, 1.82) is 0 Å². The quantitative estimate of drug-likeness (QED) is 0.840. The van der Waals surface area contributed by atoms with Gasteiger partial charge in [0.2, 0.25) is 0 Å². The minimum atomic E-state index is -0.426. The minimum Gasteiger partial charge on any atom is -0.376 e. The Labute approximate surface area is 114 Å². The summed E-state index contributed by atoms with van der Waals surface area (Å²) in [5.74, 6) is -0.617. The highest BCUT2D eigenvalue weighted by molar-refractivity contribution is 9.10. The molecule has 1 aliphatic rings. The van der Waals surface area contributed by atoms with Crippen LogP contribution in [-0.2, 0) is 4.74 Å². The van der Waals surface area contributed by atoms with E-state index < -0.39 is 5.82 Å². The van der Waals surface area contributed by atoms with E-state index in [0.29, 0.717) is 12.2 Å². The second kappa shape index (κ2) is 5.36.